The maximum atomic E-state index is 11.3. The monoisotopic (exact) mass is 775 g/mol. The second-order valence-corrected chi connectivity index (χ2v) is 15.9. The molecule has 59 heavy (non-hydrogen) atoms. The van der Waals surface area contributed by atoms with Gasteiger partial charge in [-0.3, -0.25) is 0 Å². The van der Waals surface area contributed by atoms with Gasteiger partial charge < -0.3 is 19.5 Å². The van der Waals surface area contributed by atoms with E-state index < -0.39 is 11.6 Å². The normalized spacial score (nSPS) is 16.8. The van der Waals surface area contributed by atoms with E-state index in [4.69, 9.17) is 19.4 Å². The van der Waals surface area contributed by atoms with Crippen molar-refractivity contribution in [2.75, 3.05) is 24.6 Å². The average molecular weight is 776 g/mol. The van der Waals surface area contributed by atoms with Crippen molar-refractivity contribution in [3.8, 4) is 23.0 Å². The topological polar surface area (TPSA) is 84.8 Å². The Kier molecular flexibility index (Phi) is 9.44. The predicted octanol–water partition coefficient (Wildman–Crippen LogP) is 12.1. The zero-order chi connectivity index (χ0) is 39.9. The molecule has 0 amide bonds. The first kappa shape index (κ1) is 36.6. The first-order chi connectivity index (χ1) is 29.0. The van der Waals surface area contributed by atoms with E-state index in [0.29, 0.717) is 30.3 Å². The summed E-state index contributed by atoms with van der Waals surface area (Å²) in [6, 6.07) is 42.8. The van der Waals surface area contributed by atoms with Gasteiger partial charge in [0.25, 0.3) is 0 Å². The summed E-state index contributed by atoms with van der Waals surface area (Å²) in [6.07, 6.45) is 12.0. The lowest BCUT2D eigenvalue weighted by Gasteiger charge is -2.37. The molecule has 0 aliphatic carbocycles. The molecule has 1 saturated heterocycles. The minimum absolute atomic E-state index is 0.355. The van der Waals surface area contributed by atoms with Crippen LogP contribution in [-0.4, -0.2) is 40.7 Å². The number of aromatic nitrogens is 2. The van der Waals surface area contributed by atoms with Crippen LogP contribution in [0.5, 0.6) is 11.6 Å². The Bertz CT molecular complexity index is 2900. The van der Waals surface area contributed by atoms with Gasteiger partial charge in [-0.2, -0.15) is 4.98 Å². The number of carboxylic acid groups (broad SMARTS) is 1. The van der Waals surface area contributed by atoms with Crippen LogP contribution in [0.25, 0.3) is 60.7 Å². The van der Waals surface area contributed by atoms with Crippen molar-refractivity contribution in [2.24, 2.45) is 0 Å². The summed E-state index contributed by atoms with van der Waals surface area (Å²) in [5.74, 6) is 0.927. The zero-order valence-corrected chi connectivity index (χ0v) is 33.2. The molecular weight excluding hydrogens is 731 g/mol. The van der Waals surface area contributed by atoms with Crippen LogP contribution in [0.15, 0.2) is 139 Å². The second-order valence-electron chi connectivity index (χ2n) is 15.9. The Morgan fingerprint density at radius 1 is 0.763 bits per heavy atom. The number of allylic oxidation sites excluding steroid dienone is 1. The van der Waals surface area contributed by atoms with E-state index in [1.807, 2.05) is 18.2 Å². The third kappa shape index (κ3) is 6.61. The van der Waals surface area contributed by atoms with E-state index in [1.165, 1.54) is 51.9 Å². The molecule has 7 aromatic carbocycles. The van der Waals surface area contributed by atoms with Gasteiger partial charge in [0.05, 0.1) is 17.5 Å². The van der Waals surface area contributed by atoms with Gasteiger partial charge in [-0.15, -0.1) is 0 Å². The number of hydrogen-bond donors (Lipinski definition) is 1. The molecule has 1 unspecified atom stereocenters. The highest BCUT2D eigenvalue weighted by Crippen LogP contribution is 2.47. The predicted molar refractivity (Wildman–Crippen MR) is 239 cm³/mol. The third-order valence-corrected chi connectivity index (χ3v) is 12.2. The maximum absolute atomic E-state index is 11.3. The fourth-order valence-corrected chi connectivity index (χ4v) is 9.07. The van der Waals surface area contributed by atoms with Gasteiger partial charge in [-0.05, 0) is 120 Å². The van der Waals surface area contributed by atoms with E-state index in [-0.39, 0.29) is 0 Å². The molecule has 1 fully saturated rings. The van der Waals surface area contributed by atoms with E-state index in [1.54, 1.807) is 13.0 Å². The van der Waals surface area contributed by atoms with E-state index in [2.05, 4.69) is 120 Å². The summed E-state index contributed by atoms with van der Waals surface area (Å²) in [5, 5.41) is 17.2. The zero-order valence-electron chi connectivity index (χ0n) is 33.2. The number of nitrogens with zero attached hydrogens (tertiary/aromatic N) is 3. The molecular formula is C52H45N3O4. The molecule has 0 bridgehead atoms. The third-order valence-electron chi connectivity index (χ3n) is 12.2. The fraction of sp³-hybridized carbons (Fsp3) is 0.212. The van der Waals surface area contributed by atoms with Crippen LogP contribution in [-0.2, 0) is 10.4 Å². The lowest BCUT2D eigenvalue weighted by Crippen LogP contribution is -2.34. The summed E-state index contributed by atoms with van der Waals surface area (Å²) >= 11 is 0. The molecule has 2 aliphatic heterocycles. The van der Waals surface area contributed by atoms with Gasteiger partial charge in [0.2, 0.25) is 5.88 Å². The number of benzene rings is 7. The molecule has 8 aromatic rings. The molecule has 0 radical (unpaired) electrons. The molecule has 3 heterocycles. The quantitative estimate of drug-likeness (QED) is 0.0795. The molecule has 1 aromatic heterocycles. The molecule has 7 nitrogen and oxygen atoms in total. The van der Waals surface area contributed by atoms with Crippen molar-refractivity contribution in [3.63, 3.8) is 0 Å². The molecule has 1 atom stereocenters. The lowest BCUT2D eigenvalue weighted by atomic mass is 9.83. The molecule has 292 valence electrons. The van der Waals surface area contributed by atoms with Gasteiger partial charge in [-0.1, -0.05) is 97.1 Å². The Morgan fingerprint density at radius 2 is 1.49 bits per heavy atom. The Balaban J connectivity index is 1.07. The van der Waals surface area contributed by atoms with Crippen molar-refractivity contribution in [2.45, 2.75) is 51.0 Å². The van der Waals surface area contributed by atoms with Crippen LogP contribution in [0.4, 0.5) is 5.69 Å². The summed E-state index contributed by atoms with van der Waals surface area (Å²) in [6.45, 7) is 4.22. The number of piperidine rings is 1. The number of carbonyl (C=O) groups is 1. The van der Waals surface area contributed by atoms with Gasteiger partial charge in [0, 0.05) is 46.6 Å². The molecule has 10 rings (SSSR count). The highest BCUT2D eigenvalue weighted by atomic mass is 16.5. The second kappa shape index (κ2) is 15.2. The summed E-state index contributed by atoms with van der Waals surface area (Å²) < 4.78 is 13.8. The number of anilines is 1. The van der Waals surface area contributed by atoms with Crippen molar-refractivity contribution < 1.29 is 19.4 Å². The number of carboxylic acids is 1. The van der Waals surface area contributed by atoms with E-state index >= 15 is 0 Å². The molecule has 7 heteroatoms. The van der Waals surface area contributed by atoms with Crippen LogP contribution in [0.2, 0.25) is 0 Å². The summed E-state index contributed by atoms with van der Waals surface area (Å²) in [7, 11) is 0. The van der Waals surface area contributed by atoms with Crippen LogP contribution in [0, 0.1) is 0 Å². The van der Waals surface area contributed by atoms with Gasteiger partial charge >= 0.3 is 5.97 Å². The van der Waals surface area contributed by atoms with Gasteiger partial charge in [-0.25, -0.2) is 9.78 Å². The SMILES string of the molecule is C/C(=C\CCCCOc1nc(-c2ccc3ccc4cccc5ccc2c3c45)nc2ccc3c(c12)C=CC(c1ccccc1)(c1ccc(N2CCCCC2)cc1)O3)C(=O)O. The molecule has 1 N–H and O–H groups in total. The van der Waals surface area contributed by atoms with Gasteiger partial charge in [0.15, 0.2) is 11.4 Å². The molecule has 2 aliphatic rings. The number of ether oxygens (including phenoxy) is 2. The maximum Gasteiger partial charge on any atom is 0.330 e. The Hall–Kier alpha value is -6.73. The Labute approximate surface area is 343 Å². The minimum Gasteiger partial charge on any atom is -0.478 e. The summed E-state index contributed by atoms with van der Waals surface area (Å²) in [4.78, 5) is 24.3. The van der Waals surface area contributed by atoms with Crippen molar-refractivity contribution in [1.82, 2.24) is 9.97 Å². The van der Waals surface area contributed by atoms with Crippen molar-refractivity contribution in [1.29, 1.82) is 0 Å². The minimum atomic E-state index is -0.890. The highest BCUT2D eigenvalue weighted by Gasteiger charge is 2.38. The number of hydrogen-bond acceptors (Lipinski definition) is 6. The van der Waals surface area contributed by atoms with Crippen LogP contribution < -0.4 is 14.4 Å². The fourth-order valence-electron chi connectivity index (χ4n) is 9.07. The smallest absolute Gasteiger partial charge is 0.330 e. The Morgan fingerprint density at radius 3 is 2.27 bits per heavy atom. The van der Waals surface area contributed by atoms with Gasteiger partial charge in [0.1, 0.15) is 5.75 Å². The number of unbranched alkanes of at least 4 members (excludes halogenated alkanes) is 2. The number of aliphatic carboxylic acids is 1. The highest BCUT2D eigenvalue weighted by molar-refractivity contribution is 6.25. The van der Waals surface area contributed by atoms with Crippen molar-refractivity contribution >= 4 is 61.0 Å². The number of fused-ring (bicyclic) bond motifs is 3. The first-order valence-electron chi connectivity index (χ1n) is 20.8. The number of rotatable bonds is 11. The average Bonchev–Trinajstić information content (AvgIpc) is 3.29. The first-order valence-corrected chi connectivity index (χ1v) is 20.8. The van der Waals surface area contributed by atoms with Crippen LogP contribution in [0.3, 0.4) is 0 Å². The van der Waals surface area contributed by atoms with Crippen LogP contribution >= 0.6 is 0 Å². The lowest BCUT2D eigenvalue weighted by molar-refractivity contribution is -0.132. The largest absolute Gasteiger partial charge is 0.478 e. The molecule has 0 saturated carbocycles. The summed E-state index contributed by atoms with van der Waals surface area (Å²) in [5.41, 5.74) is 5.42. The van der Waals surface area contributed by atoms with E-state index in [9.17, 15) is 9.90 Å². The standard InChI is InChI=1S/C52H45N3O4/c1-34(51(56)57)12-5-3-10-33-58-50-48-43-29-30-52(38-15-6-2-7-16-38,39-21-23-40(24-22-39)55-31-8-4-9-32-55)59-45(43)28-27-44(48)53-49(54-50)42-26-20-37-18-17-35-13-11-14-36-19-25-41(42)47(37)46(35)36/h2,6-7,11-30H,3-5,8-10,31-33H2,1H3,(H,56,57)/b34-12+. The van der Waals surface area contributed by atoms with Crippen LogP contribution in [0.1, 0.15) is 62.1 Å². The van der Waals surface area contributed by atoms with Crippen molar-refractivity contribution in [3.05, 3.63) is 156 Å². The van der Waals surface area contributed by atoms with E-state index in [0.717, 1.165) is 70.2 Å². The molecule has 0 spiro atoms.